The topological polar surface area (TPSA) is 61.4 Å². The molecule has 0 saturated heterocycles. The van der Waals surface area contributed by atoms with E-state index in [0.29, 0.717) is 15.7 Å². The van der Waals surface area contributed by atoms with Gasteiger partial charge in [0.05, 0.1) is 10.2 Å². The predicted octanol–water partition coefficient (Wildman–Crippen LogP) is 3.86. The van der Waals surface area contributed by atoms with E-state index in [1.807, 2.05) is 0 Å². The normalized spacial score (nSPS) is 10.2. The summed E-state index contributed by atoms with van der Waals surface area (Å²) in [5.74, 6) is -0.542. The molecule has 1 amide bonds. The maximum atomic E-state index is 13.7. The number of nitrogens with one attached hydrogen (secondary N) is 2. The smallest absolute Gasteiger partial charge is 0.221 e. The number of phenols is 1. The fourth-order valence-electron chi connectivity index (χ4n) is 1.83. The molecule has 0 heterocycles. The highest BCUT2D eigenvalue weighted by atomic mass is 79.9. The van der Waals surface area contributed by atoms with E-state index >= 15 is 0 Å². The van der Waals surface area contributed by atoms with Gasteiger partial charge in [0.15, 0.2) is 0 Å². The number of hydrogen-bond donors (Lipinski definition) is 3. The molecule has 3 N–H and O–H groups in total. The zero-order chi connectivity index (χ0) is 15.4. The Hall–Kier alpha value is -2.08. The molecule has 2 rings (SSSR count). The molecular weight excluding hydrogens is 339 g/mol. The number of anilines is 2. The Bertz CT molecular complexity index is 677. The standard InChI is InChI=1S/C15H14BrFN2O2/c1-9(20)19-11-5-6-13(17)14(7-11)18-8-10-3-2-4-12(16)15(10)21/h2-7,18,21H,8H2,1H3,(H,19,20). The predicted molar refractivity (Wildman–Crippen MR) is 83.8 cm³/mol. The largest absolute Gasteiger partial charge is 0.506 e. The zero-order valence-corrected chi connectivity index (χ0v) is 12.9. The molecule has 0 fully saturated rings. The van der Waals surface area contributed by atoms with Crippen LogP contribution < -0.4 is 10.6 Å². The molecule has 0 aliphatic carbocycles. The summed E-state index contributed by atoms with van der Waals surface area (Å²) in [6, 6.07) is 9.50. The highest BCUT2D eigenvalue weighted by molar-refractivity contribution is 9.10. The fraction of sp³-hybridized carbons (Fsp3) is 0.133. The van der Waals surface area contributed by atoms with Gasteiger partial charge in [0.2, 0.25) is 5.91 Å². The average molecular weight is 353 g/mol. The van der Waals surface area contributed by atoms with Crippen molar-refractivity contribution in [3.05, 3.63) is 52.3 Å². The van der Waals surface area contributed by atoms with E-state index in [9.17, 15) is 14.3 Å². The monoisotopic (exact) mass is 352 g/mol. The van der Waals surface area contributed by atoms with E-state index in [4.69, 9.17) is 0 Å². The van der Waals surface area contributed by atoms with Gasteiger partial charge in [-0.05, 0) is 40.2 Å². The average Bonchev–Trinajstić information content (AvgIpc) is 2.43. The Balaban J connectivity index is 2.15. The van der Waals surface area contributed by atoms with Crippen molar-refractivity contribution in [2.24, 2.45) is 0 Å². The van der Waals surface area contributed by atoms with Crippen LogP contribution in [-0.2, 0) is 11.3 Å². The number of benzene rings is 2. The van der Waals surface area contributed by atoms with Crippen molar-refractivity contribution in [3.8, 4) is 5.75 Å². The highest BCUT2D eigenvalue weighted by Crippen LogP contribution is 2.28. The lowest BCUT2D eigenvalue weighted by atomic mass is 10.2. The number of rotatable bonds is 4. The second-order valence-electron chi connectivity index (χ2n) is 4.48. The first-order valence-electron chi connectivity index (χ1n) is 6.24. The Kier molecular flexibility index (Phi) is 4.80. The Labute approximate surface area is 130 Å². The SMILES string of the molecule is CC(=O)Nc1ccc(F)c(NCc2cccc(Br)c2O)c1. The lowest BCUT2D eigenvalue weighted by Crippen LogP contribution is -2.07. The molecule has 21 heavy (non-hydrogen) atoms. The summed E-state index contributed by atoms with van der Waals surface area (Å²) < 4.78 is 14.3. The van der Waals surface area contributed by atoms with Gasteiger partial charge in [0.1, 0.15) is 11.6 Å². The second kappa shape index (κ2) is 6.58. The molecule has 0 spiro atoms. The van der Waals surface area contributed by atoms with Crippen molar-refractivity contribution >= 4 is 33.2 Å². The summed E-state index contributed by atoms with van der Waals surface area (Å²) in [5.41, 5.74) is 1.39. The lowest BCUT2D eigenvalue weighted by molar-refractivity contribution is -0.114. The van der Waals surface area contributed by atoms with Crippen LogP contribution in [0.3, 0.4) is 0 Å². The van der Waals surface area contributed by atoms with Crippen molar-refractivity contribution in [3.63, 3.8) is 0 Å². The summed E-state index contributed by atoms with van der Waals surface area (Å²) in [7, 11) is 0. The molecule has 0 bridgehead atoms. The molecule has 0 aromatic heterocycles. The van der Waals surface area contributed by atoms with E-state index < -0.39 is 5.82 Å². The van der Waals surface area contributed by atoms with Crippen molar-refractivity contribution in [2.45, 2.75) is 13.5 Å². The third-order valence-electron chi connectivity index (χ3n) is 2.83. The Morgan fingerprint density at radius 2 is 2.10 bits per heavy atom. The Morgan fingerprint density at radius 1 is 1.33 bits per heavy atom. The maximum Gasteiger partial charge on any atom is 0.221 e. The molecule has 2 aromatic carbocycles. The highest BCUT2D eigenvalue weighted by Gasteiger charge is 2.08. The number of carbonyl (C=O) groups excluding carboxylic acids is 1. The number of carbonyl (C=O) groups is 1. The van der Waals surface area contributed by atoms with Crippen LogP contribution in [0.4, 0.5) is 15.8 Å². The van der Waals surface area contributed by atoms with Gasteiger partial charge in [-0.3, -0.25) is 4.79 Å². The molecule has 0 radical (unpaired) electrons. The minimum Gasteiger partial charge on any atom is -0.506 e. The number of aromatic hydroxyl groups is 1. The molecule has 0 atom stereocenters. The molecule has 0 saturated carbocycles. The number of para-hydroxylation sites is 1. The van der Waals surface area contributed by atoms with Crippen LogP contribution in [-0.4, -0.2) is 11.0 Å². The van der Waals surface area contributed by atoms with E-state index in [1.54, 1.807) is 18.2 Å². The molecule has 0 unspecified atom stereocenters. The van der Waals surface area contributed by atoms with Crippen molar-refractivity contribution < 1.29 is 14.3 Å². The first-order valence-corrected chi connectivity index (χ1v) is 7.04. The third kappa shape index (κ3) is 3.95. The van der Waals surface area contributed by atoms with Crippen LogP contribution in [0, 0.1) is 5.82 Å². The summed E-state index contributed by atoms with van der Waals surface area (Å²) in [6.45, 7) is 1.64. The van der Waals surface area contributed by atoms with Gasteiger partial charge in [-0.15, -0.1) is 0 Å². The third-order valence-corrected chi connectivity index (χ3v) is 3.47. The molecule has 6 heteroatoms. The molecule has 0 aliphatic rings. The van der Waals surface area contributed by atoms with Gasteiger partial charge in [0, 0.05) is 24.7 Å². The molecule has 4 nitrogen and oxygen atoms in total. The number of halogens is 2. The summed E-state index contributed by atoms with van der Waals surface area (Å²) >= 11 is 3.23. The second-order valence-corrected chi connectivity index (χ2v) is 5.33. The number of hydrogen-bond acceptors (Lipinski definition) is 3. The quantitative estimate of drug-likeness (QED) is 0.782. The van der Waals surface area contributed by atoms with Crippen LogP contribution in [0.1, 0.15) is 12.5 Å². The molecule has 2 aromatic rings. The van der Waals surface area contributed by atoms with E-state index in [2.05, 4.69) is 26.6 Å². The first-order chi connectivity index (χ1) is 9.97. The Morgan fingerprint density at radius 3 is 2.81 bits per heavy atom. The van der Waals surface area contributed by atoms with Gasteiger partial charge < -0.3 is 15.7 Å². The van der Waals surface area contributed by atoms with E-state index in [-0.39, 0.29) is 23.9 Å². The van der Waals surface area contributed by atoms with Crippen LogP contribution in [0.2, 0.25) is 0 Å². The summed E-state index contributed by atoms with van der Waals surface area (Å²) in [5, 5.41) is 15.4. The van der Waals surface area contributed by atoms with Crippen molar-refractivity contribution in [1.29, 1.82) is 0 Å². The van der Waals surface area contributed by atoms with Gasteiger partial charge in [0.25, 0.3) is 0 Å². The van der Waals surface area contributed by atoms with E-state index in [1.165, 1.54) is 25.1 Å². The minimum absolute atomic E-state index is 0.114. The summed E-state index contributed by atoms with van der Waals surface area (Å²) in [4.78, 5) is 11.0. The van der Waals surface area contributed by atoms with Crippen LogP contribution in [0.25, 0.3) is 0 Å². The van der Waals surface area contributed by atoms with Crippen LogP contribution in [0.15, 0.2) is 40.9 Å². The van der Waals surface area contributed by atoms with Gasteiger partial charge >= 0.3 is 0 Å². The van der Waals surface area contributed by atoms with Crippen LogP contribution in [0.5, 0.6) is 5.75 Å². The van der Waals surface area contributed by atoms with E-state index in [0.717, 1.165) is 0 Å². The number of amides is 1. The lowest BCUT2D eigenvalue weighted by Gasteiger charge is -2.11. The minimum atomic E-state index is -0.432. The molecular formula is C15H14BrFN2O2. The summed E-state index contributed by atoms with van der Waals surface area (Å²) in [6.07, 6.45) is 0. The van der Waals surface area contributed by atoms with Crippen molar-refractivity contribution in [1.82, 2.24) is 0 Å². The van der Waals surface area contributed by atoms with Crippen LogP contribution >= 0.6 is 15.9 Å². The number of phenolic OH excluding ortho intramolecular Hbond substituents is 1. The van der Waals surface area contributed by atoms with Gasteiger partial charge in [-0.2, -0.15) is 0 Å². The molecule has 110 valence electrons. The van der Waals surface area contributed by atoms with Gasteiger partial charge in [-0.25, -0.2) is 4.39 Å². The fourth-order valence-corrected chi connectivity index (χ4v) is 2.24. The first kappa shape index (κ1) is 15.3. The zero-order valence-electron chi connectivity index (χ0n) is 11.3. The van der Waals surface area contributed by atoms with Gasteiger partial charge in [-0.1, -0.05) is 12.1 Å². The van der Waals surface area contributed by atoms with Crippen molar-refractivity contribution in [2.75, 3.05) is 10.6 Å². The molecule has 0 aliphatic heterocycles. The maximum absolute atomic E-state index is 13.7.